The van der Waals surface area contributed by atoms with E-state index < -0.39 is 0 Å². The standard InChI is InChI=1S/C15H20N6O2/c1-11-18-13(7-14(22)19-11)12-3-2-5-20(8-12)15(23)4-6-21-10-16-9-17-21/h7,9-10,12H,2-6,8H2,1H3,(H,18,19,22)/t12-/m1/s1. The largest absolute Gasteiger partial charge is 0.342 e. The van der Waals surface area contributed by atoms with Gasteiger partial charge in [0.05, 0.1) is 12.2 Å². The summed E-state index contributed by atoms with van der Waals surface area (Å²) in [7, 11) is 0. The van der Waals surface area contributed by atoms with E-state index in [0.717, 1.165) is 25.1 Å². The summed E-state index contributed by atoms with van der Waals surface area (Å²) in [5.41, 5.74) is 0.641. The Bertz CT molecular complexity index is 724. The van der Waals surface area contributed by atoms with Crippen LogP contribution in [0.4, 0.5) is 0 Å². The number of likely N-dealkylation sites (tertiary alicyclic amines) is 1. The molecule has 0 radical (unpaired) electrons. The SMILES string of the molecule is Cc1nc([C@@H]2CCCN(C(=O)CCn3cncn3)C2)cc(=O)[nH]1. The first-order valence-electron chi connectivity index (χ1n) is 7.80. The molecule has 0 unspecified atom stereocenters. The number of amides is 1. The molecule has 1 aliphatic heterocycles. The van der Waals surface area contributed by atoms with Crippen molar-refractivity contribution in [3.05, 3.63) is 40.6 Å². The number of piperidine rings is 1. The van der Waals surface area contributed by atoms with Crippen LogP contribution in [0.2, 0.25) is 0 Å². The number of carbonyl (C=O) groups excluding carboxylic acids is 1. The summed E-state index contributed by atoms with van der Waals surface area (Å²) in [6, 6.07) is 1.54. The van der Waals surface area contributed by atoms with Gasteiger partial charge in [-0.2, -0.15) is 5.10 Å². The van der Waals surface area contributed by atoms with Crippen LogP contribution in [-0.4, -0.2) is 48.6 Å². The lowest BCUT2D eigenvalue weighted by molar-refractivity contribution is -0.132. The van der Waals surface area contributed by atoms with Crippen LogP contribution in [0.15, 0.2) is 23.5 Å². The predicted octanol–water partition coefficient (Wildman–Crippen LogP) is 0.466. The van der Waals surface area contributed by atoms with Crippen LogP contribution in [0, 0.1) is 6.92 Å². The van der Waals surface area contributed by atoms with E-state index in [2.05, 4.69) is 20.1 Å². The fourth-order valence-corrected chi connectivity index (χ4v) is 2.97. The van der Waals surface area contributed by atoms with E-state index in [9.17, 15) is 9.59 Å². The number of aromatic nitrogens is 5. The Morgan fingerprint density at radius 3 is 3.09 bits per heavy atom. The van der Waals surface area contributed by atoms with Crippen molar-refractivity contribution < 1.29 is 4.79 Å². The third-order valence-electron chi connectivity index (χ3n) is 4.09. The summed E-state index contributed by atoms with van der Waals surface area (Å²) < 4.78 is 1.65. The lowest BCUT2D eigenvalue weighted by atomic mass is 9.94. The summed E-state index contributed by atoms with van der Waals surface area (Å²) in [5.74, 6) is 0.842. The highest BCUT2D eigenvalue weighted by Gasteiger charge is 2.25. The summed E-state index contributed by atoms with van der Waals surface area (Å²) in [6.45, 7) is 3.68. The molecule has 0 aromatic carbocycles. The van der Waals surface area contributed by atoms with Crippen LogP contribution in [-0.2, 0) is 11.3 Å². The van der Waals surface area contributed by atoms with E-state index in [4.69, 9.17) is 0 Å². The van der Waals surface area contributed by atoms with Gasteiger partial charge in [0.25, 0.3) is 5.56 Å². The normalized spacial score (nSPS) is 18.1. The number of carbonyl (C=O) groups is 1. The third-order valence-corrected chi connectivity index (χ3v) is 4.09. The number of aromatic amines is 1. The number of nitrogens with one attached hydrogen (secondary N) is 1. The number of hydrogen-bond acceptors (Lipinski definition) is 5. The van der Waals surface area contributed by atoms with Gasteiger partial charge in [-0.05, 0) is 19.8 Å². The van der Waals surface area contributed by atoms with Gasteiger partial charge in [0.2, 0.25) is 5.91 Å². The number of rotatable bonds is 4. The first-order chi connectivity index (χ1) is 11.1. The van der Waals surface area contributed by atoms with Gasteiger partial charge in [-0.3, -0.25) is 14.3 Å². The van der Waals surface area contributed by atoms with Crippen molar-refractivity contribution in [3.8, 4) is 0 Å². The fraction of sp³-hybridized carbons (Fsp3) is 0.533. The van der Waals surface area contributed by atoms with Gasteiger partial charge in [-0.15, -0.1) is 0 Å². The van der Waals surface area contributed by atoms with Gasteiger partial charge in [-0.1, -0.05) is 0 Å². The highest BCUT2D eigenvalue weighted by atomic mass is 16.2. The molecule has 23 heavy (non-hydrogen) atoms. The quantitative estimate of drug-likeness (QED) is 0.884. The zero-order chi connectivity index (χ0) is 16.2. The van der Waals surface area contributed by atoms with E-state index in [1.54, 1.807) is 24.0 Å². The van der Waals surface area contributed by atoms with Gasteiger partial charge in [0.15, 0.2) is 0 Å². The maximum absolute atomic E-state index is 12.4. The molecule has 122 valence electrons. The van der Waals surface area contributed by atoms with Crippen molar-refractivity contribution >= 4 is 5.91 Å². The van der Waals surface area contributed by atoms with Gasteiger partial charge < -0.3 is 9.88 Å². The zero-order valence-corrected chi connectivity index (χ0v) is 13.1. The summed E-state index contributed by atoms with van der Waals surface area (Å²) in [5, 5.41) is 4.00. The monoisotopic (exact) mass is 316 g/mol. The molecule has 1 aliphatic rings. The highest BCUT2D eigenvalue weighted by molar-refractivity contribution is 5.76. The molecule has 2 aromatic heterocycles. The lowest BCUT2D eigenvalue weighted by Crippen LogP contribution is -2.40. The Morgan fingerprint density at radius 1 is 1.48 bits per heavy atom. The molecule has 2 aromatic rings. The highest BCUT2D eigenvalue weighted by Crippen LogP contribution is 2.25. The number of aryl methyl sites for hydroxylation is 2. The third kappa shape index (κ3) is 3.82. The summed E-state index contributed by atoms with van der Waals surface area (Å²) in [6.07, 6.45) is 5.34. The van der Waals surface area contributed by atoms with E-state index in [1.165, 1.54) is 6.33 Å². The Morgan fingerprint density at radius 2 is 2.35 bits per heavy atom. The molecule has 0 bridgehead atoms. The molecule has 0 saturated carbocycles. The minimum absolute atomic E-state index is 0.103. The van der Waals surface area contributed by atoms with Crippen molar-refractivity contribution in [2.24, 2.45) is 0 Å². The second kappa shape index (κ2) is 6.72. The maximum Gasteiger partial charge on any atom is 0.251 e. The average Bonchev–Trinajstić information content (AvgIpc) is 3.05. The Hall–Kier alpha value is -2.51. The first kappa shape index (κ1) is 15.4. The minimum atomic E-state index is -0.137. The van der Waals surface area contributed by atoms with E-state index >= 15 is 0 Å². The molecule has 8 heteroatoms. The second-order valence-electron chi connectivity index (χ2n) is 5.84. The van der Waals surface area contributed by atoms with E-state index in [0.29, 0.717) is 25.3 Å². The molecular formula is C15H20N6O2. The van der Waals surface area contributed by atoms with Crippen molar-refractivity contribution in [2.45, 2.75) is 38.6 Å². The molecular weight excluding hydrogens is 296 g/mol. The smallest absolute Gasteiger partial charge is 0.251 e. The fourth-order valence-electron chi connectivity index (χ4n) is 2.97. The van der Waals surface area contributed by atoms with Gasteiger partial charge in [0, 0.05) is 31.5 Å². The van der Waals surface area contributed by atoms with Gasteiger partial charge in [0.1, 0.15) is 18.5 Å². The molecule has 3 rings (SSSR count). The molecule has 1 saturated heterocycles. The van der Waals surface area contributed by atoms with Crippen molar-refractivity contribution in [2.75, 3.05) is 13.1 Å². The molecule has 1 fully saturated rings. The van der Waals surface area contributed by atoms with Crippen LogP contribution >= 0.6 is 0 Å². The predicted molar refractivity (Wildman–Crippen MR) is 82.8 cm³/mol. The first-order valence-corrected chi connectivity index (χ1v) is 7.80. The minimum Gasteiger partial charge on any atom is -0.342 e. The zero-order valence-electron chi connectivity index (χ0n) is 13.1. The number of nitrogens with zero attached hydrogens (tertiary/aromatic N) is 5. The van der Waals surface area contributed by atoms with Crippen LogP contribution < -0.4 is 5.56 Å². The number of H-pyrrole nitrogens is 1. The molecule has 1 N–H and O–H groups in total. The molecule has 1 amide bonds. The van der Waals surface area contributed by atoms with Crippen molar-refractivity contribution in [3.63, 3.8) is 0 Å². The molecule has 8 nitrogen and oxygen atoms in total. The Balaban J connectivity index is 1.63. The Labute approximate surface area is 133 Å². The van der Waals surface area contributed by atoms with Gasteiger partial charge >= 0.3 is 0 Å². The molecule has 1 atom stereocenters. The van der Waals surface area contributed by atoms with E-state index in [1.807, 2.05) is 4.90 Å². The Kier molecular flexibility index (Phi) is 4.50. The number of hydrogen-bond donors (Lipinski definition) is 1. The van der Waals surface area contributed by atoms with Crippen molar-refractivity contribution in [1.29, 1.82) is 0 Å². The molecule has 0 spiro atoms. The summed E-state index contributed by atoms with van der Waals surface area (Å²) in [4.78, 5) is 36.8. The van der Waals surface area contributed by atoms with Crippen LogP contribution in [0.3, 0.4) is 0 Å². The van der Waals surface area contributed by atoms with Crippen LogP contribution in [0.1, 0.15) is 36.7 Å². The molecule has 3 heterocycles. The van der Waals surface area contributed by atoms with E-state index in [-0.39, 0.29) is 17.4 Å². The lowest BCUT2D eigenvalue weighted by Gasteiger charge is -2.32. The van der Waals surface area contributed by atoms with Crippen LogP contribution in [0.5, 0.6) is 0 Å². The second-order valence-corrected chi connectivity index (χ2v) is 5.84. The maximum atomic E-state index is 12.4. The topological polar surface area (TPSA) is 96.8 Å². The molecule has 0 aliphatic carbocycles. The van der Waals surface area contributed by atoms with Gasteiger partial charge in [-0.25, -0.2) is 9.97 Å². The average molecular weight is 316 g/mol. The van der Waals surface area contributed by atoms with Crippen LogP contribution in [0.25, 0.3) is 0 Å². The summed E-state index contributed by atoms with van der Waals surface area (Å²) >= 11 is 0. The van der Waals surface area contributed by atoms with Crippen molar-refractivity contribution in [1.82, 2.24) is 29.6 Å².